The summed E-state index contributed by atoms with van der Waals surface area (Å²) in [5.74, 6) is -0.526. The molecule has 0 saturated carbocycles. The molecule has 0 bridgehead atoms. The smallest absolute Gasteiger partial charge is 0.301 e. The average Bonchev–Trinajstić information content (AvgIpc) is 3.12. The Hall–Kier alpha value is -2.46. The molecule has 2 heterocycles. The SMILES string of the molecule is Cc1ccc(-c2cc(C(F)(F)F)nc(SCC(=O)Nc3nccs3)n2)cc1. The summed E-state index contributed by atoms with van der Waals surface area (Å²) in [6.45, 7) is 1.88. The van der Waals surface area contributed by atoms with Crippen molar-refractivity contribution in [3.63, 3.8) is 0 Å². The summed E-state index contributed by atoms with van der Waals surface area (Å²) in [6, 6.07) is 7.88. The molecule has 0 aliphatic heterocycles. The van der Waals surface area contributed by atoms with Crippen LogP contribution >= 0.6 is 23.1 Å². The zero-order valence-corrected chi connectivity index (χ0v) is 15.6. The summed E-state index contributed by atoms with van der Waals surface area (Å²) in [5, 5.41) is 4.57. The van der Waals surface area contributed by atoms with Gasteiger partial charge in [0.1, 0.15) is 5.69 Å². The van der Waals surface area contributed by atoms with Crippen molar-refractivity contribution >= 4 is 34.1 Å². The third-order valence-electron chi connectivity index (χ3n) is 3.35. The Morgan fingerprint density at radius 1 is 1.22 bits per heavy atom. The molecule has 0 atom stereocenters. The topological polar surface area (TPSA) is 67.8 Å². The van der Waals surface area contributed by atoms with Crippen molar-refractivity contribution in [3.05, 3.63) is 53.2 Å². The Morgan fingerprint density at radius 3 is 2.59 bits per heavy atom. The molecule has 1 N–H and O–H groups in total. The number of nitrogens with one attached hydrogen (secondary N) is 1. The molecule has 0 unspecified atom stereocenters. The first-order valence-electron chi connectivity index (χ1n) is 7.67. The van der Waals surface area contributed by atoms with Gasteiger partial charge >= 0.3 is 6.18 Å². The molecule has 2 aromatic heterocycles. The number of carbonyl (C=O) groups is 1. The molecule has 0 radical (unpaired) electrons. The van der Waals surface area contributed by atoms with Gasteiger partial charge in [-0.3, -0.25) is 4.79 Å². The predicted octanol–water partition coefficient (Wildman–Crippen LogP) is 4.66. The normalized spacial score (nSPS) is 11.4. The van der Waals surface area contributed by atoms with E-state index in [-0.39, 0.29) is 16.6 Å². The van der Waals surface area contributed by atoms with Crippen LogP contribution in [-0.2, 0) is 11.0 Å². The van der Waals surface area contributed by atoms with E-state index in [1.54, 1.807) is 29.6 Å². The van der Waals surface area contributed by atoms with Gasteiger partial charge in [0, 0.05) is 17.1 Å². The van der Waals surface area contributed by atoms with Crippen LogP contribution in [0.15, 0.2) is 47.1 Å². The van der Waals surface area contributed by atoms with E-state index < -0.39 is 17.8 Å². The Balaban J connectivity index is 1.82. The van der Waals surface area contributed by atoms with Crippen LogP contribution in [0.5, 0.6) is 0 Å². The van der Waals surface area contributed by atoms with Gasteiger partial charge in [-0.1, -0.05) is 41.6 Å². The van der Waals surface area contributed by atoms with E-state index in [4.69, 9.17) is 0 Å². The lowest BCUT2D eigenvalue weighted by Gasteiger charge is -2.10. The largest absolute Gasteiger partial charge is 0.433 e. The molecule has 10 heteroatoms. The number of hydrogen-bond donors (Lipinski definition) is 1. The van der Waals surface area contributed by atoms with Gasteiger partial charge in [-0.05, 0) is 13.0 Å². The number of rotatable bonds is 5. The number of nitrogens with zero attached hydrogens (tertiary/aromatic N) is 3. The van der Waals surface area contributed by atoms with Crippen molar-refractivity contribution in [1.82, 2.24) is 15.0 Å². The molecular weight excluding hydrogens is 397 g/mol. The van der Waals surface area contributed by atoms with E-state index >= 15 is 0 Å². The summed E-state index contributed by atoms with van der Waals surface area (Å²) in [5.41, 5.74) is 0.635. The first-order valence-corrected chi connectivity index (χ1v) is 9.53. The molecule has 0 fully saturated rings. The molecule has 3 rings (SSSR count). The number of thioether (sulfide) groups is 1. The Labute approximate surface area is 161 Å². The summed E-state index contributed by atoms with van der Waals surface area (Å²) >= 11 is 2.08. The van der Waals surface area contributed by atoms with E-state index in [1.165, 1.54) is 17.5 Å². The van der Waals surface area contributed by atoms with Gasteiger partial charge < -0.3 is 5.32 Å². The second kappa shape index (κ2) is 8.05. The van der Waals surface area contributed by atoms with Crippen molar-refractivity contribution in [3.8, 4) is 11.3 Å². The number of benzene rings is 1. The minimum absolute atomic E-state index is 0.116. The van der Waals surface area contributed by atoms with Crippen molar-refractivity contribution < 1.29 is 18.0 Å². The second-order valence-corrected chi connectivity index (χ2v) is 7.30. The molecule has 1 amide bonds. The number of carbonyl (C=O) groups excluding carboxylic acids is 1. The lowest BCUT2D eigenvalue weighted by molar-refractivity contribution is -0.141. The maximum Gasteiger partial charge on any atom is 0.433 e. The zero-order valence-electron chi connectivity index (χ0n) is 13.9. The van der Waals surface area contributed by atoms with Crippen molar-refractivity contribution in [1.29, 1.82) is 0 Å². The summed E-state index contributed by atoms with van der Waals surface area (Å²) in [7, 11) is 0. The van der Waals surface area contributed by atoms with Crippen LogP contribution in [0, 0.1) is 6.92 Å². The summed E-state index contributed by atoms with van der Waals surface area (Å²) < 4.78 is 39.6. The number of amides is 1. The highest BCUT2D eigenvalue weighted by Crippen LogP contribution is 2.32. The van der Waals surface area contributed by atoms with Gasteiger partial charge in [0.05, 0.1) is 11.4 Å². The third-order valence-corrected chi connectivity index (χ3v) is 4.89. The van der Waals surface area contributed by atoms with E-state index in [0.717, 1.165) is 23.4 Å². The Bertz CT molecular complexity index is 928. The van der Waals surface area contributed by atoms with Gasteiger partial charge in [-0.25, -0.2) is 15.0 Å². The highest BCUT2D eigenvalue weighted by molar-refractivity contribution is 7.99. The van der Waals surface area contributed by atoms with Crippen LogP contribution in [0.1, 0.15) is 11.3 Å². The molecule has 27 heavy (non-hydrogen) atoms. The highest BCUT2D eigenvalue weighted by Gasteiger charge is 2.34. The van der Waals surface area contributed by atoms with E-state index in [2.05, 4.69) is 20.3 Å². The molecule has 0 spiro atoms. The van der Waals surface area contributed by atoms with E-state index in [1.807, 2.05) is 6.92 Å². The van der Waals surface area contributed by atoms with E-state index in [9.17, 15) is 18.0 Å². The van der Waals surface area contributed by atoms with Gasteiger partial charge in [0.25, 0.3) is 0 Å². The van der Waals surface area contributed by atoms with Gasteiger partial charge in [0.2, 0.25) is 5.91 Å². The number of halogens is 3. The van der Waals surface area contributed by atoms with Gasteiger partial charge in [-0.15, -0.1) is 11.3 Å². The highest BCUT2D eigenvalue weighted by atomic mass is 32.2. The quantitative estimate of drug-likeness (QED) is 0.490. The van der Waals surface area contributed by atoms with Gasteiger partial charge in [-0.2, -0.15) is 13.2 Å². The Kier molecular flexibility index (Phi) is 5.76. The standard InChI is InChI=1S/C17H13F3N4OS2/c1-10-2-4-11(5-3-10)12-8-13(17(18,19)20)23-16(22-12)27-9-14(25)24-15-21-6-7-26-15/h2-8H,9H2,1H3,(H,21,24,25). The Morgan fingerprint density at radius 2 is 1.96 bits per heavy atom. The average molecular weight is 410 g/mol. The first kappa shape index (κ1) is 19.3. The van der Waals surface area contributed by atoms with Gasteiger partial charge in [0.15, 0.2) is 10.3 Å². The second-order valence-electron chi connectivity index (χ2n) is 5.46. The monoisotopic (exact) mass is 410 g/mol. The minimum Gasteiger partial charge on any atom is -0.301 e. The number of aromatic nitrogens is 3. The lowest BCUT2D eigenvalue weighted by Crippen LogP contribution is -2.15. The number of thiazole rings is 1. The molecule has 140 valence electrons. The van der Waals surface area contributed by atoms with Crippen LogP contribution < -0.4 is 5.32 Å². The number of aryl methyl sites for hydroxylation is 1. The fourth-order valence-electron chi connectivity index (χ4n) is 2.08. The minimum atomic E-state index is -4.61. The fraction of sp³-hybridized carbons (Fsp3) is 0.176. The molecule has 1 aromatic carbocycles. The number of alkyl halides is 3. The fourth-order valence-corrected chi connectivity index (χ4v) is 3.28. The first-order chi connectivity index (χ1) is 12.8. The number of hydrogen-bond acceptors (Lipinski definition) is 6. The molecule has 0 aliphatic rings. The van der Waals surface area contributed by atoms with Crippen LogP contribution in [0.2, 0.25) is 0 Å². The predicted molar refractivity (Wildman–Crippen MR) is 98.7 cm³/mol. The molecule has 0 aliphatic carbocycles. The maximum absolute atomic E-state index is 13.2. The molecular formula is C17H13F3N4OS2. The maximum atomic E-state index is 13.2. The van der Waals surface area contributed by atoms with Crippen LogP contribution in [-0.4, -0.2) is 26.6 Å². The lowest BCUT2D eigenvalue weighted by atomic mass is 10.1. The zero-order chi connectivity index (χ0) is 19.4. The third kappa shape index (κ3) is 5.27. The van der Waals surface area contributed by atoms with Crippen LogP contribution in [0.3, 0.4) is 0 Å². The van der Waals surface area contributed by atoms with Crippen molar-refractivity contribution in [2.45, 2.75) is 18.3 Å². The molecule has 0 saturated heterocycles. The summed E-state index contributed by atoms with van der Waals surface area (Å²) in [6.07, 6.45) is -3.07. The van der Waals surface area contributed by atoms with Crippen LogP contribution in [0.4, 0.5) is 18.3 Å². The molecule has 3 aromatic rings. The van der Waals surface area contributed by atoms with Crippen LogP contribution in [0.25, 0.3) is 11.3 Å². The number of anilines is 1. The molecule has 5 nitrogen and oxygen atoms in total. The van der Waals surface area contributed by atoms with Crippen molar-refractivity contribution in [2.75, 3.05) is 11.1 Å². The van der Waals surface area contributed by atoms with E-state index in [0.29, 0.717) is 10.7 Å². The summed E-state index contributed by atoms with van der Waals surface area (Å²) in [4.78, 5) is 23.6. The van der Waals surface area contributed by atoms with Crippen molar-refractivity contribution in [2.24, 2.45) is 0 Å².